The van der Waals surface area contributed by atoms with Crippen LogP contribution in [0.15, 0.2) is 48.7 Å². The van der Waals surface area contributed by atoms with E-state index in [2.05, 4.69) is 4.98 Å². The topological polar surface area (TPSA) is 51.7 Å². The highest BCUT2D eigenvalue weighted by Crippen LogP contribution is 2.29. The summed E-state index contributed by atoms with van der Waals surface area (Å²) in [5.41, 5.74) is 1.09. The average Bonchev–Trinajstić information content (AvgIpc) is 2.91. The zero-order chi connectivity index (χ0) is 13.9. The van der Waals surface area contributed by atoms with Gasteiger partial charge in [0.05, 0.1) is 0 Å². The number of fused-ring (bicyclic) bond motifs is 1. The second-order valence-corrected chi connectivity index (χ2v) is 4.53. The third-order valence-electron chi connectivity index (χ3n) is 3.18. The molecule has 1 aliphatic rings. The van der Waals surface area contributed by atoms with Crippen molar-refractivity contribution in [2.24, 2.45) is 0 Å². The van der Waals surface area contributed by atoms with Gasteiger partial charge in [-0.05, 0) is 17.7 Å². The fourth-order valence-corrected chi connectivity index (χ4v) is 2.07. The number of hydrogen-bond donors (Lipinski definition) is 0. The van der Waals surface area contributed by atoms with Crippen LogP contribution >= 0.6 is 0 Å². The van der Waals surface area contributed by atoms with Gasteiger partial charge in [-0.25, -0.2) is 9.78 Å². The van der Waals surface area contributed by atoms with E-state index in [1.54, 1.807) is 31.4 Å². The van der Waals surface area contributed by atoms with Crippen molar-refractivity contribution in [3.63, 3.8) is 0 Å². The minimum Gasteiger partial charge on any atom is -0.470 e. The van der Waals surface area contributed by atoms with E-state index in [-0.39, 0.29) is 12.1 Å². The molecule has 1 aromatic carbocycles. The summed E-state index contributed by atoms with van der Waals surface area (Å²) in [6.07, 6.45) is 1.40. The summed E-state index contributed by atoms with van der Waals surface area (Å²) in [5.74, 6) is 1.09. The SMILES string of the molecule is CN(C(=O)Oc1ccccn1)C1Cc2ccccc2O1. The molecule has 5 heteroatoms. The number of carbonyl (C=O) groups excluding carboxylic acids is 1. The first-order valence-electron chi connectivity index (χ1n) is 6.34. The molecule has 0 radical (unpaired) electrons. The molecule has 2 aromatic rings. The number of aromatic nitrogens is 1. The van der Waals surface area contributed by atoms with E-state index in [0.29, 0.717) is 6.42 Å². The van der Waals surface area contributed by atoms with E-state index in [9.17, 15) is 4.79 Å². The van der Waals surface area contributed by atoms with E-state index in [1.807, 2.05) is 24.3 Å². The standard InChI is InChI=1S/C15H14N2O3/c1-17(15(18)20-13-8-4-5-9-16-13)14-10-11-6-2-3-7-12(11)19-14/h2-9,14H,10H2,1H3. The van der Waals surface area contributed by atoms with Gasteiger partial charge in [0, 0.05) is 25.7 Å². The molecule has 0 saturated heterocycles. The molecule has 0 bridgehead atoms. The molecule has 0 spiro atoms. The first-order chi connectivity index (χ1) is 9.74. The lowest BCUT2D eigenvalue weighted by Gasteiger charge is -2.22. The third kappa shape index (κ3) is 2.42. The number of para-hydroxylation sites is 1. The molecule has 1 amide bonds. The molecule has 1 atom stereocenters. The Hall–Kier alpha value is -2.56. The molecule has 1 unspecified atom stereocenters. The predicted molar refractivity (Wildman–Crippen MR) is 72.6 cm³/mol. The Morgan fingerprint density at radius 2 is 2.10 bits per heavy atom. The Labute approximate surface area is 116 Å². The lowest BCUT2D eigenvalue weighted by molar-refractivity contribution is 0.0640. The van der Waals surface area contributed by atoms with Crippen LogP contribution in [-0.2, 0) is 6.42 Å². The van der Waals surface area contributed by atoms with Crippen LogP contribution in [0.4, 0.5) is 4.79 Å². The number of carbonyl (C=O) groups is 1. The van der Waals surface area contributed by atoms with E-state index in [4.69, 9.17) is 9.47 Å². The van der Waals surface area contributed by atoms with Gasteiger partial charge in [-0.15, -0.1) is 0 Å². The smallest absolute Gasteiger partial charge is 0.419 e. The van der Waals surface area contributed by atoms with Crippen LogP contribution in [0, 0.1) is 0 Å². The van der Waals surface area contributed by atoms with Crippen molar-refractivity contribution in [2.45, 2.75) is 12.6 Å². The lowest BCUT2D eigenvalue weighted by Crippen LogP contribution is -2.41. The van der Waals surface area contributed by atoms with E-state index < -0.39 is 6.09 Å². The monoisotopic (exact) mass is 270 g/mol. The Bertz CT molecular complexity index is 591. The van der Waals surface area contributed by atoms with Crippen LogP contribution < -0.4 is 9.47 Å². The number of nitrogens with zero attached hydrogens (tertiary/aromatic N) is 2. The molecule has 0 aliphatic carbocycles. The van der Waals surface area contributed by atoms with Crippen molar-refractivity contribution < 1.29 is 14.3 Å². The Balaban J connectivity index is 1.66. The van der Waals surface area contributed by atoms with Crippen molar-refractivity contribution >= 4 is 6.09 Å². The molecular formula is C15H14N2O3. The fourth-order valence-electron chi connectivity index (χ4n) is 2.07. The molecule has 1 aromatic heterocycles. The fraction of sp³-hybridized carbons (Fsp3) is 0.200. The highest BCUT2D eigenvalue weighted by Gasteiger charge is 2.29. The minimum absolute atomic E-state index is 0.278. The first-order valence-corrected chi connectivity index (χ1v) is 6.34. The molecule has 0 saturated carbocycles. The first kappa shape index (κ1) is 12.5. The van der Waals surface area contributed by atoms with Gasteiger partial charge in [0.15, 0.2) is 6.23 Å². The van der Waals surface area contributed by atoms with Crippen molar-refractivity contribution in [1.82, 2.24) is 9.88 Å². The van der Waals surface area contributed by atoms with Crippen LogP contribution in [0.1, 0.15) is 5.56 Å². The summed E-state index contributed by atoms with van der Waals surface area (Å²) < 4.78 is 10.9. The lowest BCUT2D eigenvalue weighted by atomic mass is 10.1. The van der Waals surface area contributed by atoms with Gasteiger partial charge in [-0.2, -0.15) is 0 Å². The summed E-state index contributed by atoms with van der Waals surface area (Å²) in [7, 11) is 1.65. The van der Waals surface area contributed by atoms with E-state index in [1.165, 1.54) is 4.90 Å². The Kier molecular flexibility index (Phi) is 3.25. The number of hydrogen-bond acceptors (Lipinski definition) is 4. The summed E-state index contributed by atoms with van der Waals surface area (Å²) in [4.78, 5) is 17.4. The third-order valence-corrected chi connectivity index (χ3v) is 3.18. The normalized spacial score (nSPS) is 16.1. The highest BCUT2D eigenvalue weighted by molar-refractivity contribution is 5.70. The summed E-state index contributed by atoms with van der Waals surface area (Å²) in [6.45, 7) is 0. The molecule has 5 nitrogen and oxygen atoms in total. The van der Waals surface area contributed by atoms with Gasteiger partial charge in [-0.3, -0.25) is 4.90 Å². The van der Waals surface area contributed by atoms with E-state index in [0.717, 1.165) is 11.3 Å². The molecule has 20 heavy (non-hydrogen) atoms. The molecule has 2 heterocycles. The van der Waals surface area contributed by atoms with E-state index >= 15 is 0 Å². The van der Waals surface area contributed by atoms with Crippen molar-refractivity contribution in [3.05, 3.63) is 54.2 Å². The molecule has 3 rings (SSSR count). The number of benzene rings is 1. The molecule has 0 fully saturated rings. The van der Waals surface area contributed by atoms with Crippen LogP contribution in [0.2, 0.25) is 0 Å². The number of rotatable bonds is 2. The van der Waals surface area contributed by atoms with Crippen LogP contribution in [-0.4, -0.2) is 29.3 Å². The highest BCUT2D eigenvalue weighted by atomic mass is 16.6. The van der Waals surface area contributed by atoms with Crippen molar-refractivity contribution in [1.29, 1.82) is 0 Å². The van der Waals surface area contributed by atoms with Gasteiger partial charge >= 0.3 is 6.09 Å². The maximum absolute atomic E-state index is 12.0. The number of pyridine rings is 1. The maximum atomic E-state index is 12.0. The summed E-state index contributed by atoms with van der Waals surface area (Å²) >= 11 is 0. The number of ether oxygens (including phenoxy) is 2. The minimum atomic E-state index is -0.485. The Morgan fingerprint density at radius 3 is 2.85 bits per heavy atom. The van der Waals surface area contributed by atoms with Gasteiger partial charge in [-0.1, -0.05) is 24.3 Å². The molecule has 102 valence electrons. The van der Waals surface area contributed by atoms with Gasteiger partial charge < -0.3 is 9.47 Å². The second-order valence-electron chi connectivity index (χ2n) is 4.53. The van der Waals surface area contributed by atoms with Crippen LogP contribution in [0.3, 0.4) is 0 Å². The van der Waals surface area contributed by atoms with Gasteiger partial charge in [0.2, 0.25) is 5.88 Å². The quantitative estimate of drug-likeness (QED) is 0.841. The Morgan fingerprint density at radius 1 is 1.30 bits per heavy atom. The zero-order valence-corrected chi connectivity index (χ0v) is 11.0. The second kappa shape index (κ2) is 5.21. The summed E-state index contributed by atoms with van der Waals surface area (Å²) in [6, 6.07) is 12.9. The molecular weight excluding hydrogens is 256 g/mol. The van der Waals surface area contributed by atoms with Gasteiger partial charge in [0.1, 0.15) is 5.75 Å². The van der Waals surface area contributed by atoms with Crippen molar-refractivity contribution in [2.75, 3.05) is 7.05 Å². The van der Waals surface area contributed by atoms with Crippen LogP contribution in [0.25, 0.3) is 0 Å². The largest absolute Gasteiger partial charge is 0.470 e. The average molecular weight is 270 g/mol. The molecule has 1 aliphatic heterocycles. The molecule has 0 N–H and O–H groups in total. The predicted octanol–water partition coefficient (Wildman–Crippen LogP) is 2.47. The van der Waals surface area contributed by atoms with Gasteiger partial charge in [0.25, 0.3) is 0 Å². The van der Waals surface area contributed by atoms with Crippen molar-refractivity contribution in [3.8, 4) is 11.6 Å². The van der Waals surface area contributed by atoms with Crippen LogP contribution in [0.5, 0.6) is 11.6 Å². The zero-order valence-electron chi connectivity index (χ0n) is 11.0. The summed E-state index contributed by atoms with van der Waals surface area (Å²) in [5, 5.41) is 0. The maximum Gasteiger partial charge on any atom is 0.419 e. The number of amides is 1. The number of likely N-dealkylation sites (N-methyl/N-ethyl adjacent to an activating group) is 1.